The van der Waals surface area contributed by atoms with Gasteiger partial charge >= 0.3 is 0 Å². The lowest BCUT2D eigenvalue weighted by Crippen LogP contribution is -2.71. The van der Waals surface area contributed by atoms with Gasteiger partial charge in [0.05, 0.1) is 0 Å². The number of hydrogen-bond acceptors (Lipinski definition) is 14. The third kappa shape index (κ3) is 26.2. The van der Waals surface area contributed by atoms with E-state index >= 15 is 0 Å². The molecule has 14 aromatic heterocycles. The molecule has 17 rings (SSSR count). The van der Waals surface area contributed by atoms with Gasteiger partial charge in [0.1, 0.15) is 0 Å². The molecule has 0 bridgehead atoms. The lowest BCUT2D eigenvalue weighted by atomic mass is 9.70. The molecule has 0 atom stereocenters. The van der Waals surface area contributed by atoms with Crippen LogP contribution in [0.3, 0.4) is 0 Å². The zero-order chi connectivity index (χ0) is 97.0. The summed E-state index contributed by atoms with van der Waals surface area (Å²) >= 11 is 29.4. The molecule has 2 aromatic carbocycles. The molecule has 0 saturated heterocycles. The van der Waals surface area contributed by atoms with E-state index in [2.05, 4.69) is 420 Å². The lowest BCUT2D eigenvalue weighted by molar-refractivity contribution is 0.397. The molecule has 746 valence electrons. The van der Waals surface area contributed by atoms with E-state index in [1.54, 1.807) is 47.1 Å². The van der Waals surface area contributed by atoms with Crippen LogP contribution in [0.25, 0.3) is 90.5 Å². The molecular formula is C125H154S14Si2. The Labute approximate surface area is 907 Å². The van der Waals surface area contributed by atoms with Crippen LogP contribution in [0.15, 0.2) is 206 Å². The van der Waals surface area contributed by atoms with E-state index in [0.29, 0.717) is 0 Å². The van der Waals surface area contributed by atoms with Gasteiger partial charge in [0.15, 0.2) is 0 Å². The molecule has 0 N–H and O–H groups in total. The Balaban J connectivity index is 0.805. The average Bonchev–Trinajstić information content (AvgIpc) is 1.59. The Hall–Kier alpha value is -5.33. The molecule has 0 spiro atoms. The van der Waals surface area contributed by atoms with Gasteiger partial charge in [0, 0.05) is 139 Å². The largest absolute Gasteiger partial charge is 0.222 e. The number of aryl methyl sites for hydroxylation is 6. The number of thiophene rings is 14. The topological polar surface area (TPSA) is 0 Å². The first-order valence-electron chi connectivity index (χ1n) is 55.2. The predicted molar refractivity (Wildman–Crippen MR) is 655 cm³/mol. The Kier molecular flexibility index (Phi) is 41.1. The standard InChI is InChI=1S/C125H154S14Si2/c1-9-17-25-33-35-37-39-47-87-125(88-48-40-38-36-34-26-18-10-2)101-89-91(103-71-79-117(132-103)140(119-81-73-111(134-119)105-65-57-93(126-105)49-41-27-19-11-3,120-82-74-112(135-120)106-66-58-94(127-106)50-42-28-20-12-4)121-83-75-113(136-121)107-67-59-95(128-107)51-43-29-21-13-5)55-63-99(101)100-64-56-92(90-102(100)125)104-72-80-118(133-104)141(122-84-76-114(137-122)108-68-60-96(129-108)52-44-30-22-14-6,123-85-77-115(138-123)109-69-61-97(130-109)53-45-31-23-15-7)124-86-78-116(139-124)110-70-62-98(131-110)54-46-32-24-16-8/h55-86,89-90H,9-54,87-88H2,1-8H3. The summed E-state index contributed by atoms with van der Waals surface area (Å²) in [5, 5.41) is 0. The quantitative estimate of drug-likeness (QED) is 0.0263. The van der Waals surface area contributed by atoms with Crippen LogP contribution in [0.2, 0.25) is 0 Å². The van der Waals surface area contributed by atoms with Crippen molar-refractivity contribution in [2.75, 3.05) is 0 Å². The van der Waals surface area contributed by atoms with Gasteiger partial charge in [-0.3, -0.25) is 0 Å². The van der Waals surface area contributed by atoms with E-state index in [-0.39, 0.29) is 5.41 Å². The van der Waals surface area contributed by atoms with E-state index < -0.39 is 16.1 Å². The molecule has 0 unspecified atom stereocenters. The minimum atomic E-state index is -3.06. The molecular weight excluding hydrogens is 2010 g/mol. The second kappa shape index (κ2) is 54.2. The van der Waals surface area contributed by atoms with Crippen molar-refractivity contribution >= 4 is 211 Å². The van der Waals surface area contributed by atoms with Gasteiger partial charge in [-0.15, -0.1) is 159 Å². The number of hydrogen-bond donors (Lipinski definition) is 0. The van der Waals surface area contributed by atoms with Crippen LogP contribution in [0, 0.1) is 0 Å². The first-order chi connectivity index (χ1) is 69.5. The fraction of sp³-hybridized carbons (Fsp3) is 0.456. The second-order valence-electron chi connectivity index (χ2n) is 40.3. The van der Waals surface area contributed by atoms with Crippen LogP contribution in [0.1, 0.15) is 365 Å². The SMILES string of the molecule is CCCCCCCCCCC1(CCCCCCCCCC)c2cc(-c3ccc([Si](c4ccc(-c5ccc(CCCCCC)s5)s4)(c4ccc(-c5ccc(CCCCCC)s5)s4)c4ccc(-c5ccc(CCCCCC)s5)s4)s3)ccc2-c2ccc(-c3ccc([Si](c4ccc(-c5ccc(CCCCCC)s5)s4)(c4ccc(-c5ccc(CCCCCC)s5)s4)c4ccc(-c5ccc(CCCCCC)s5)s4)s3)cc21. The van der Waals surface area contributed by atoms with Crippen molar-refractivity contribution in [3.8, 4) is 90.5 Å². The van der Waals surface area contributed by atoms with E-state index in [1.807, 2.05) is 0 Å². The zero-order valence-corrected chi connectivity index (χ0v) is 99.2. The maximum Gasteiger partial charge on any atom is 0.222 e. The van der Waals surface area contributed by atoms with E-state index in [1.165, 1.54) is 428 Å². The van der Waals surface area contributed by atoms with Crippen LogP contribution < -0.4 is 36.0 Å². The molecule has 0 nitrogen and oxygen atoms in total. The molecule has 14 heterocycles. The third-order valence-electron chi connectivity index (χ3n) is 29.7. The van der Waals surface area contributed by atoms with Gasteiger partial charge in [0.25, 0.3) is 0 Å². The van der Waals surface area contributed by atoms with Crippen molar-refractivity contribution in [1.82, 2.24) is 0 Å². The van der Waals surface area contributed by atoms with Crippen LogP contribution in [0.4, 0.5) is 0 Å². The summed E-state index contributed by atoms with van der Waals surface area (Å²) in [6.45, 7) is 18.8. The molecule has 0 saturated carbocycles. The molecule has 1 aliphatic rings. The van der Waals surface area contributed by atoms with Gasteiger partial charge in [0.2, 0.25) is 16.1 Å². The molecule has 0 fully saturated rings. The number of benzene rings is 2. The van der Waals surface area contributed by atoms with Crippen molar-refractivity contribution in [2.45, 2.75) is 369 Å². The van der Waals surface area contributed by atoms with Crippen molar-refractivity contribution < 1.29 is 0 Å². The maximum atomic E-state index is 2.81. The highest BCUT2D eigenvalue weighted by Crippen LogP contribution is 2.57. The zero-order valence-electron chi connectivity index (χ0n) is 85.8. The lowest BCUT2D eigenvalue weighted by Gasteiger charge is -2.33. The van der Waals surface area contributed by atoms with Crippen molar-refractivity contribution in [2.24, 2.45) is 0 Å². The van der Waals surface area contributed by atoms with Crippen molar-refractivity contribution in [3.05, 3.63) is 247 Å². The van der Waals surface area contributed by atoms with Gasteiger partial charge < -0.3 is 0 Å². The van der Waals surface area contributed by atoms with Gasteiger partial charge in [-0.25, -0.2) is 0 Å². The fourth-order valence-corrected chi connectivity index (χ4v) is 57.9. The Morgan fingerprint density at radius 3 is 0.546 bits per heavy atom. The van der Waals surface area contributed by atoms with Crippen LogP contribution in [0.5, 0.6) is 0 Å². The normalized spacial score (nSPS) is 12.7. The van der Waals surface area contributed by atoms with Crippen LogP contribution in [-0.4, -0.2) is 16.1 Å². The summed E-state index contributed by atoms with van der Waals surface area (Å²) in [5.74, 6) is 0. The van der Waals surface area contributed by atoms with Gasteiger partial charge in [-0.05, 0) is 257 Å². The molecule has 1 aliphatic carbocycles. The summed E-state index contributed by atoms with van der Waals surface area (Å²) in [5.41, 5.74) is 8.77. The summed E-state index contributed by atoms with van der Waals surface area (Å²) in [7, 11) is -6.12. The molecule has 16 heteroatoms. The molecule has 0 aliphatic heterocycles. The first kappa shape index (κ1) is 107. The molecule has 141 heavy (non-hydrogen) atoms. The molecule has 16 aromatic rings. The third-order valence-corrected chi connectivity index (χ3v) is 62.1. The number of rotatable bonds is 64. The summed E-state index contributed by atoms with van der Waals surface area (Å²) < 4.78 is 12.5. The van der Waals surface area contributed by atoms with E-state index in [0.717, 1.165) is 0 Å². The van der Waals surface area contributed by atoms with Crippen molar-refractivity contribution in [1.29, 1.82) is 0 Å². The molecule has 0 radical (unpaired) electrons. The smallest absolute Gasteiger partial charge is 0.144 e. The number of fused-ring (bicyclic) bond motifs is 3. The summed E-state index contributed by atoms with van der Waals surface area (Å²) in [4.78, 5) is 29.1. The Bertz CT molecular complexity index is 5610. The van der Waals surface area contributed by atoms with Gasteiger partial charge in [-0.2, -0.15) is 0 Å². The van der Waals surface area contributed by atoms with E-state index in [9.17, 15) is 0 Å². The fourth-order valence-electron chi connectivity index (χ4n) is 21.7. The van der Waals surface area contributed by atoms with Crippen molar-refractivity contribution in [3.63, 3.8) is 0 Å². The van der Waals surface area contributed by atoms with E-state index in [4.69, 9.17) is 0 Å². The maximum absolute atomic E-state index is 3.06. The predicted octanol–water partition coefficient (Wildman–Crippen LogP) is 40.7. The molecule has 0 amide bonds. The first-order valence-corrected chi connectivity index (χ1v) is 70.6. The highest BCUT2D eigenvalue weighted by molar-refractivity contribution is 7.56. The Morgan fingerprint density at radius 1 is 0.163 bits per heavy atom. The minimum absolute atomic E-state index is 0.155. The highest BCUT2D eigenvalue weighted by atomic mass is 32.2. The minimum Gasteiger partial charge on any atom is -0.144 e. The summed E-state index contributed by atoms with van der Waals surface area (Å²) in [6.07, 6.45) is 61.5. The summed E-state index contributed by atoms with van der Waals surface area (Å²) in [6, 6.07) is 87.2. The number of unbranched alkanes of at least 4 members (excludes halogenated alkanes) is 32. The second-order valence-corrected chi connectivity index (χ2v) is 66.2. The highest BCUT2D eigenvalue weighted by Gasteiger charge is 2.50. The average molecular weight is 2160 g/mol. The van der Waals surface area contributed by atoms with Crippen LogP contribution in [-0.2, 0) is 43.9 Å². The van der Waals surface area contributed by atoms with Crippen LogP contribution >= 0.6 is 159 Å². The monoisotopic (exact) mass is 2160 g/mol. The Morgan fingerprint density at radius 2 is 0.333 bits per heavy atom. The van der Waals surface area contributed by atoms with Gasteiger partial charge in [-0.1, -0.05) is 346 Å².